The summed E-state index contributed by atoms with van der Waals surface area (Å²) in [5, 5.41) is 29.4. The maximum absolute atomic E-state index is 13.9. The van der Waals surface area contributed by atoms with Gasteiger partial charge in [-0.15, -0.1) is 0 Å². The van der Waals surface area contributed by atoms with Crippen LogP contribution in [0.2, 0.25) is 0 Å². The van der Waals surface area contributed by atoms with Crippen LogP contribution in [0.1, 0.15) is 98.7 Å². The van der Waals surface area contributed by atoms with Crippen molar-refractivity contribution in [1.29, 1.82) is 0 Å². The molecule has 0 unspecified atom stereocenters. The number of fused-ring (bicyclic) bond motifs is 1. The van der Waals surface area contributed by atoms with Gasteiger partial charge in [0.1, 0.15) is 33.9 Å². The Morgan fingerprint density at radius 2 is 1.43 bits per heavy atom. The Bertz CT molecular complexity index is 2770. The fraction of sp³-hybridized carbons (Fsp3) is 0.419. The van der Waals surface area contributed by atoms with E-state index >= 15 is 0 Å². The Morgan fingerprint density at radius 1 is 0.815 bits per heavy atom. The van der Waals surface area contributed by atoms with Gasteiger partial charge in [0.15, 0.2) is 0 Å². The quantitative estimate of drug-likeness (QED) is 0.0512. The van der Waals surface area contributed by atoms with E-state index in [2.05, 4.69) is 31.5 Å². The number of nitrogens with zero attached hydrogens (tertiary/aromatic N) is 8. The van der Waals surface area contributed by atoms with Gasteiger partial charge in [0, 0.05) is 56.3 Å². The molecule has 4 aromatic heterocycles. The number of amides is 5. The summed E-state index contributed by atoms with van der Waals surface area (Å²) in [4.78, 5) is 74.4. The molecule has 9 N–H and O–H groups in total. The van der Waals surface area contributed by atoms with Crippen LogP contribution in [0.25, 0.3) is 22.1 Å². The Labute approximate surface area is 373 Å². The first-order valence-corrected chi connectivity index (χ1v) is 21.5. The molecule has 0 saturated heterocycles. The average Bonchev–Trinajstić information content (AvgIpc) is 4.01. The third kappa shape index (κ3) is 10.1. The normalized spacial score (nSPS) is 13.4. The number of hydrogen-bond donors (Lipinski definition) is 7. The third-order valence-electron chi connectivity index (χ3n) is 10.9. The van der Waals surface area contributed by atoms with E-state index in [0.29, 0.717) is 115 Å². The molecule has 7 rings (SSSR count). The maximum Gasteiger partial charge on any atom is 0.276 e. The van der Waals surface area contributed by atoms with Gasteiger partial charge in [-0.25, -0.2) is 9.97 Å². The summed E-state index contributed by atoms with van der Waals surface area (Å²) in [5.41, 5.74) is 15.7. The fourth-order valence-corrected chi connectivity index (χ4v) is 7.97. The zero-order valence-electron chi connectivity index (χ0n) is 36.8. The first-order chi connectivity index (χ1) is 31.3. The number of nitrogens with two attached hydrogens (primary N) is 2. The van der Waals surface area contributed by atoms with Gasteiger partial charge < -0.3 is 45.8 Å². The number of hydrogen-bond acceptors (Lipinski definition) is 13. The van der Waals surface area contributed by atoms with Gasteiger partial charge in [-0.05, 0) is 83.4 Å². The number of carbonyl (C=O) groups excluding carboxylic acids is 5. The van der Waals surface area contributed by atoms with Crippen LogP contribution in [-0.4, -0.2) is 113 Å². The molecule has 0 spiro atoms. The summed E-state index contributed by atoms with van der Waals surface area (Å²) in [6, 6.07) is 9.33. The zero-order valence-corrected chi connectivity index (χ0v) is 36.8. The SMILES string of the molecule is CCn1nc(C)cc1C(=O)Nc1nc2cc(C(N)=O)cc(OCCCNC(=O)CNCCO)c2n1CCC[C@H]1CCOc2cc(C(N)=O)cc3nc(NC(=O)c4cc(C)nn4CC)n1c23. The molecule has 344 valence electrons. The Hall–Kier alpha value is -7.33. The number of anilines is 2. The lowest BCUT2D eigenvalue weighted by Crippen LogP contribution is -2.35. The first kappa shape index (κ1) is 45.7. The molecule has 65 heavy (non-hydrogen) atoms. The molecule has 1 aliphatic rings. The summed E-state index contributed by atoms with van der Waals surface area (Å²) in [5.74, 6) is -1.32. The molecule has 0 bridgehead atoms. The second-order valence-corrected chi connectivity index (χ2v) is 15.6. The van der Waals surface area contributed by atoms with E-state index < -0.39 is 23.6 Å². The number of rotatable bonds is 21. The predicted molar refractivity (Wildman–Crippen MR) is 239 cm³/mol. The van der Waals surface area contributed by atoms with E-state index in [-0.39, 0.29) is 61.3 Å². The van der Waals surface area contributed by atoms with Crippen molar-refractivity contribution in [3.05, 3.63) is 70.3 Å². The standard InChI is InChI=1S/C43H54N14O8/c1-5-55-31(17-24(3)52-55)40(62)50-42-48-29-19-26(38(44)60)21-33(64-15-8-11-47-35(59)23-46-12-14-58)36(29)54(42)13-7-9-28-10-16-65-34-22-27(39(45)61)20-30-37(34)57(28)43(49-30)51-41(63)32-18-25(4)53-56(32)6-2/h17-22,28,46,58H,5-16,23H2,1-4H3,(H2,44,60)(H2,45,61)(H,47,59)(H,48,50,62)(H,49,51,63)/t28-/m0/s1. The van der Waals surface area contributed by atoms with Crippen molar-refractivity contribution in [2.75, 3.05) is 50.1 Å². The summed E-state index contributed by atoms with van der Waals surface area (Å²) in [6.07, 6.45) is 1.91. The van der Waals surface area contributed by atoms with Crippen LogP contribution >= 0.6 is 0 Å². The van der Waals surface area contributed by atoms with E-state index in [4.69, 9.17) is 36.0 Å². The van der Waals surface area contributed by atoms with Gasteiger partial charge in [-0.1, -0.05) is 0 Å². The largest absolute Gasteiger partial charge is 0.491 e. The van der Waals surface area contributed by atoms with Crippen molar-refractivity contribution >= 4 is 63.5 Å². The lowest BCUT2D eigenvalue weighted by molar-refractivity contribution is -0.120. The Morgan fingerprint density at radius 3 is 2.06 bits per heavy atom. The molecule has 5 amide bonds. The minimum atomic E-state index is -0.704. The van der Waals surface area contributed by atoms with Gasteiger partial charge >= 0.3 is 0 Å². The van der Waals surface area contributed by atoms with Crippen molar-refractivity contribution in [2.24, 2.45) is 11.5 Å². The summed E-state index contributed by atoms with van der Waals surface area (Å²) >= 11 is 0. The zero-order chi connectivity index (χ0) is 46.4. The van der Waals surface area contributed by atoms with E-state index in [0.717, 1.165) is 0 Å². The van der Waals surface area contributed by atoms with Crippen molar-refractivity contribution in [1.82, 2.24) is 49.3 Å². The topological polar surface area (TPSA) is 295 Å². The van der Waals surface area contributed by atoms with Crippen LogP contribution in [0, 0.1) is 13.8 Å². The number of ether oxygens (including phenoxy) is 2. The third-order valence-corrected chi connectivity index (χ3v) is 10.9. The smallest absolute Gasteiger partial charge is 0.276 e. The number of primary amides is 2. The molecular formula is C43H54N14O8. The Balaban J connectivity index is 1.22. The molecule has 22 nitrogen and oxygen atoms in total. The molecule has 0 fully saturated rings. The van der Waals surface area contributed by atoms with Gasteiger partial charge in [0.2, 0.25) is 29.6 Å². The average molecular weight is 895 g/mol. The number of benzene rings is 2. The van der Waals surface area contributed by atoms with Crippen LogP contribution in [-0.2, 0) is 24.4 Å². The number of carbonyl (C=O) groups is 5. The first-order valence-electron chi connectivity index (χ1n) is 21.5. The monoisotopic (exact) mass is 894 g/mol. The van der Waals surface area contributed by atoms with Crippen molar-refractivity contribution < 1.29 is 38.6 Å². The van der Waals surface area contributed by atoms with Crippen LogP contribution in [0.15, 0.2) is 36.4 Å². The molecular weight excluding hydrogens is 841 g/mol. The number of aliphatic hydroxyl groups excluding tert-OH is 1. The van der Waals surface area contributed by atoms with Crippen LogP contribution in [0.5, 0.6) is 11.5 Å². The van der Waals surface area contributed by atoms with Crippen LogP contribution in [0.3, 0.4) is 0 Å². The van der Waals surface area contributed by atoms with E-state index in [1.165, 1.54) is 6.07 Å². The lowest BCUT2D eigenvalue weighted by Gasteiger charge is -2.21. The number of aryl methyl sites for hydroxylation is 5. The second kappa shape index (κ2) is 20.0. The molecule has 22 heteroatoms. The molecule has 5 heterocycles. The predicted octanol–water partition coefficient (Wildman–Crippen LogP) is 2.41. The molecule has 0 saturated carbocycles. The lowest BCUT2D eigenvalue weighted by atomic mass is 10.1. The van der Waals surface area contributed by atoms with Crippen LogP contribution < -0.4 is 42.2 Å². The highest BCUT2D eigenvalue weighted by Gasteiger charge is 2.29. The van der Waals surface area contributed by atoms with Gasteiger partial charge in [-0.3, -0.25) is 44.0 Å². The van der Waals surface area contributed by atoms with Gasteiger partial charge in [0.05, 0.1) is 48.8 Å². The minimum absolute atomic E-state index is 0.0540. The number of imidazole rings is 2. The van der Waals surface area contributed by atoms with Crippen molar-refractivity contribution in [3.63, 3.8) is 0 Å². The molecule has 1 atom stereocenters. The van der Waals surface area contributed by atoms with Gasteiger partial charge in [0.25, 0.3) is 11.8 Å². The van der Waals surface area contributed by atoms with Gasteiger partial charge in [-0.2, -0.15) is 10.2 Å². The van der Waals surface area contributed by atoms with E-state index in [1.54, 1.807) is 46.6 Å². The van der Waals surface area contributed by atoms with E-state index in [1.807, 2.05) is 29.9 Å². The fourth-order valence-electron chi connectivity index (χ4n) is 7.97. The molecule has 0 radical (unpaired) electrons. The summed E-state index contributed by atoms with van der Waals surface area (Å²) in [6.45, 7) is 9.59. The summed E-state index contributed by atoms with van der Waals surface area (Å²) in [7, 11) is 0. The number of aromatic nitrogens is 8. The molecule has 1 aliphatic heterocycles. The Kier molecular flexibility index (Phi) is 14.1. The summed E-state index contributed by atoms with van der Waals surface area (Å²) < 4.78 is 19.4. The highest BCUT2D eigenvalue weighted by Crippen LogP contribution is 2.39. The molecule has 2 aromatic carbocycles. The number of aliphatic hydroxyl groups is 1. The highest BCUT2D eigenvalue weighted by atomic mass is 16.5. The minimum Gasteiger partial charge on any atom is -0.491 e. The molecule has 6 aromatic rings. The van der Waals surface area contributed by atoms with Crippen molar-refractivity contribution in [3.8, 4) is 11.5 Å². The maximum atomic E-state index is 13.9. The molecule has 0 aliphatic carbocycles. The second-order valence-electron chi connectivity index (χ2n) is 15.6. The van der Waals surface area contributed by atoms with E-state index in [9.17, 15) is 24.0 Å². The van der Waals surface area contributed by atoms with Crippen LogP contribution in [0.4, 0.5) is 11.9 Å². The van der Waals surface area contributed by atoms with Crippen molar-refractivity contribution in [2.45, 2.75) is 79.1 Å². The highest BCUT2D eigenvalue weighted by molar-refractivity contribution is 6.05. The number of nitrogens with one attached hydrogen (secondary N) is 4.